The van der Waals surface area contributed by atoms with E-state index in [-0.39, 0.29) is 25.7 Å². The van der Waals surface area contributed by atoms with Gasteiger partial charge < -0.3 is 37.5 Å². The van der Waals surface area contributed by atoms with Gasteiger partial charge >= 0.3 is 5.97 Å². The fourth-order valence-corrected chi connectivity index (χ4v) is 3.19. The fraction of sp³-hybridized carbons (Fsp3) is 0.579. The number of nitrogens with zero attached hydrogens (tertiary/aromatic N) is 1. The van der Waals surface area contributed by atoms with Crippen molar-refractivity contribution in [3.8, 4) is 0 Å². The first-order valence-electron chi connectivity index (χ1n) is 10.2. The van der Waals surface area contributed by atoms with E-state index in [1.165, 1.54) is 31.2 Å². The van der Waals surface area contributed by atoms with E-state index in [4.69, 9.17) is 11.5 Å². The van der Waals surface area contributed by atoms with Crippen molar-refractivity contribution in [3.05, 3.63) is 18.2 Å². The number of carbonyl (C=O) groups excluding carboxylic acids is 4. The molecule has 1 heterocycles. The van der Waals surface area contributed by atoms with Gasteiger partial charge in [-0.15, -0.1) is 0 Å². The number of rotatable bonds is 15. The lowest BCUT2D eigenvalue weighted by molar-refractivity contribution is -0.142. The zero-order valence-electron chi connectivity index (χ0n) is 18.5. The maximum Gasteiger partial charge on any atom is 0.326 e. The van der Waals surface area contributed by atoms with Gasteiger partial charge in [-0.1, -0.05) is 0 Å². The van der Waals surface area contributed by atoms with Gasteiger partial charge in [-0.2, -0.15) is 11.8 Å². The third-order valence-corrected chi connectivity index (χ3v) is 5.21. The van der Waals surface area contributed by atoms with Crippen LogP contribution in [0.4, 0.5) is 0 Å². The Balaban J connectivity index is 2.97. The minimum atomic E-state index is -1.35. The Hall–Kier alpha value is -3.13. The lowest BCUT2D eigenvalue weighted by Gasteiger charge is -2.24. The van der Waals surface area contributed by atoms with Crippen LogP contribution in [0.15, 0.2) is 12.5 Å². The van der Waals surface area contributed by atoms with Gasteiger partial charge in [-0.05, 0) is 31.8 Å². The molecule has 0 aliphatic carbocycles. The van der Waals surface area contributed by atoms with E-state index in [1.807, 2.05) is 6.26 Å². The number of aromatic nitrogens is 2. The van der Waals surface area contributed by atoms with Crippen LogP contribution in [0.5, 0.6) is 0 Å². The van der Waals surface area contributed by atoms with Crippen LogP contribution < -0.4 is 27.4 Å². The molecule has 4 unspecified atom stereocenters. The van der Waals surface area contributed by atoms with Crippen molar-refractivity contribution >= 4 is 41.4 Å². The first-order chi connectivity index (χ1) is 15.5. The van der Waals surface area contributed by atoms with Crippen LogP contribution in [-0.4, -0.2) is 80.8 Å². The molecule has 4 amide bonds. The number of nitrogens with two attached hydrogens (primary N) is 2. The largest absolute Gasteiger partial charge is 0.480 e. The maximum absolute atomic E-state index is 13.0. The number of aromatic amines is 1. The number of carbonyl (C=O) groups is 5. The molecule has 0 spiro atoms. The number of hydrogen-bond acceptors (Lipinski definition) is 8. The highest BCUT2D eigenvalue weighted by Crippen LogP contribution is 2.06. The molecule has 0 fully saturated rings. The van der Waals surface area contributed by atoms with Gasteiger partial charge in [0.05, 0.1) is 12.4 Å². The summed E-state index contributed by atoms with van der Waals surface area (Å²) in [5.41, 5.74) is 11.2. The van der Waals surface area contributed by atoms with Crippen molar-refractivity contribution in [1.29, 1.82) is 0 Å². The zero-order chi connectivity index (χ0) is 25.0. The highest BCUT2D eigenvalue weighted by Gasteiger charge is 2.30. The Bertz CT molecular complexity index is 818. The number of imidazole rings is 1. The predicted octanol–water partition coefficient (Wildman–Crippen LogP) is -2.14. The fourth-order valence-electron chi connectivity index (χ4n) is 2.72. The molecule has 0 saturated heterocycles. The summed E-state index contributed by atoms with van der Waals surface area (Å²) in [4.78, 5) is 67.0. The van der Waals surface area contributed by atoms with Crippen LogP contribution in [-0.2, 0) is 30.4 Å². The average Bonchev–Trinajstić information content (AvgIpc) is 3.25. The van der Waals surface area contributed by atoms with Crippen molar-refractivity contribution in [2.45, 2.75) is 56.8 Å². The smallest absolute Gasteiger partial charge is 0.326 e. The average molecular weight is 486 g/mol. The highest BCUT2D eigenvalue weighted by molar-refractivity contribution is 7.98. The normalized spacial score (nSPS) is 14.4. The van der Waals surface area contributed by atoms with Crippen LogP contribution in [0.3, 0.4) is 0 Å². The van der Waals surface area contributed by atoms with E-state index in [9.17, 15) is 29.1 Å². The summed E-state index contributed by atoms with van der Waals surface area (Å²) in [6.45, 7) is 1.47. The highest BCUT2D eigenvalue weighted by atomic mass is 32.2. The number of H-pyrrole nitrogens is 1. The topological polar surface area (TPSA) is 222 Å². The standard InChI is InChI=1S/C19H31N7O6S/c1-10(20)16(28)26-14(7-11-8-22-9-23-11)18(30)24-12(5-6-33-2)17(29)25-13(19(31)32)3-4-15(21)27/h8-10,12-14H,3-7,20H2,1-2H3,(H2,21,27)(H,22,23)(H,24,30)(H,25,29)(H,26,28)(H,31,32). The quantitative estimate of drug-likeness (QED) is 0.144. The number of thioether (sulfide) groups is 1. The molecule has 1 aromatic rings. The Morgan fingerprint density at radius 2 is 1.67 bits per heavy atom. The minimum Gasteiger partial charge on any atom is -0.480 e. The number of nitrogens with one attached hydrogen (secondary N) is 4. The van der Waals surface area contributed by atoms with Crippen LogP contribution in [0.1, 0.15) is 31.9 Å². The van der Waals surface area contributed by atoms with E-state index in [2.05, 4.69) is 25.9 Å². The third-order valence-electron chi connectivity index (χ3n) is 4.56. The summed E-state index contributed by atoms with van der Waals surface area (Å²) in [7, 11) is 0. The second kappa shape index (κ2) is 14.1. The number of carboxylic acids is 1. The first kappa shape index (κ1) is 27.9. The zero-order valence-corrected chi connectivity index (χ0v) is 19.3. The predicted molar refractivity (Wildman–Crippen MR) is 121 cm³/mol. The Kier molecular flexibility index (Phi) is 11.9. The molecule has 13 nitrogen and oxygen atoms in total. The van der Waals surface area contributed by atoms with Crippen LogP contribution in [0.25, 0.3) is 0 Å². The SMILES string of the molecule is CSCCC(NC(=O)C(Cc1cnc[nH]1)NC(=O)C(C)N)C(=O)NC(CCC(N)=O)C(=O)O. The van der Waals surface area contributed by atoms with Gasteiger partial charge in [0.1, 0.15) is 18.1 Å². The second-order valence-electron chi connectivity index (χ2n) is 7.38. The van der Waals surface area contributed by atoms with Gasteiger partial charge in [0.25, 0.3) is 0 Å². The van der Waals surface area contributed by atoms with Gasteiger partial charge in [-0.25, -0.2) is 9.78 Å². The van der Waals surface area contributed by atoms with Crippen molar-refractivity contribution in [2.24, 2.45) is 11.5 Å². The summed E-state index contributed by atoms with van der Waals surface area (Å²) in [5, 5.41) is 16.8. The van der Waals surface area contributed by atoms with Crippen molar-refractivity contribution in [1.82, 2.24) is 25.9 Å². The monoisotopic (exact) mass is 485 g/mol. The van der Waals surface area contributed by atoms with Crippen LogP contribution >= 0.6 is 11.8 Å². The van der Waals surface area contributed by atoms with Crippen LogP contribution in [0.2, 0.25) is 0 Å². The molecule has 4 atom stereocenters. The summed E-state index contributed by atoms with van der Waals surface area (Å²) < 4.78 is 0. The molecule has 0 radical (unpaired) electrons. The summed E-state index contributed by atoms with van der Waals surface area (Å²) >= 11 is 1.43. The molecular formula is C19H31N7O6S. The number of aliphatic carboxylic acids is 1. The molecule has 1 aromatic heterocycles. The lowest BCUT2D eigenvalue weighted by atomic mass is 10.1. The van der Waals surface area contributed by atoms with E-state index >= 15 is 0 Å². The Morgan fingerprint density at radius 3 is 2.18 bits per heavy atom. The van der Waals surface area contributed by atoms with Crippen molar-refractivity contribution in [3.63, 3.8) is 0 Å². The number of primary amides is 1. The van der Waals surface area contributed by atoms with E-state index < -0.39 is 53.8 Å². The second-order valence-corrected chi connectivity index (χ2v) is 8.36. The molecule has 9 N–H and O–H groups in total. The molecule has 0 saturated carbocycles. The first-order valence-corrected chi connectivity index (χ1v) is 11.6. The molecule has 1 rings (SSSR count). The molecule has 0 aliphatic rings. The molecule has 184 valence electrons. The number of hydrogen-bond donors (Lipinski definition) is 7. The number of carboxylic acid groups (broad SMARTS) is 1. The summed E-state index contributed by atoms with van der Waals surface area (Å²) in [5.74, 6) is -3.47. The van der Waals surface area contributed by atoms with Crippen molar-refractivity contribution < 1.29 is 29.1 Å². The van der Waals surface area contributed by atoms with E-state index in [0.29, 0.717) is 11.4 Å². The molecule has 33 heavy (non-hydrogen) atoms. The number of amides is 4. The molecule has 0 aromatic carbocycles. The molecule has 0 aliphatic heterocycles. The maximum atomic E-state index is 13.0. The van der Waals surface area contributed by atoms with Crippen molar-refractivity contribution in [2.75, 3.05) is 12.0 Å². The summed E-state index contributed by atoms with van der Waals surface area (Å²) in [6, 6.07) is -4.34. The lowest BCUT2D eigenvalue weighted by Crippen LogP contribution is -2.57. The van der Waals surface area contributed by atoms with Gasteiger partial charge in [0, 0.05) is 24.7 Å². The van der Waals surface area contributed by atoms with E-state index in [1.54, 1.807) is 0 Å². The van der Waals surface area contributed by atoms with Gasteiger partial charge in [0.15, 0.2) is 0 Å². The Morgan fingerprint density at radius 1 is 1.06 bits per heavy atom. The van der Waals surface area contributed by atoms with Gasteiger partial charge in [0.2, 0.25) is 23.6 Å². The van der Waals surface area contributed by atoms with Crippen LogP contribution in [0, 0.1) is 0 Å². The third kappa shape index (κ3) is 10.4. The summed E-state index contributed by atoms with van der Waals surface area (Å²) in [6.07, 6.45) is 4.59. The molecule has 14 heteroatoms. The van der Waals surface area contributed by atoms with Gasteiger partial charge in [-0.3, -0.25) is 19.2 Å². The Labute approximate surface area is 195 Å². The van der Waals surface area contributed by atoms with E-state index in [0.717, 1.165) is 0 Å². The molecule has 0 bridgehead atoms. The minimum absolute atomic E-state index is 0.0670. The molecular weight excluding hydrogens is 454 g/mol.